The third-order valence-corrected chi connectivity index (χ3v) is 5.35. The summed E-state index contributed by atoms with van der Waals surface area (Å²) in [4.78, 5) is 30.9. The van der Waals surface area contributed by atoms with Crippen LogP contribution in [0.4, 0.5) is 4.39 Å². The van der Waals surface area contributed by atoms with Crippen LogP contribution in [-0.4, -0.2) is 34.4 Å². The molecule has 1 aromatic carbocycles. The minimum absolute atomic E-state index is 0.0704. The van der Waals surface area contributed by atoms with Gasteiger partial charge in [0, 0.05) is 24.7 Å². The number of benzene rings is 1. The number of hydrogen-bond acceptors (Lipinski definition) is 4. The predicted molar refractivity (Wildman–Crippen MR) is 102 cm³/mol. The molecule has 0 unspecified atom stereocenters. The van der Waals surface area contributed by atoms with Crippen molar-refractivity contribution in [1.82, 2.24) is 9.47 Å². The Morgan fingerprint density at radius 3 is 2.71 bits per heavy atom. The van der Waals surface area contributed by atoms with E-state index in [2.05, 4.69) is 4.99 Å². The van der Waals surface area contributed by atoms with Gasteiger partial charge in [-0.3, -0.25) is 9.59 Å². The fourth-order valence-electron chi connectivity index (χ4n) is 3.11. The number of amides is 2. The molecule has 6 nitrogen and oxygen atoms in total. The molecule has 0 saturated carbocycles. The Morgan fingerprint density at radius 1 is 1.14 bits per heavy atom. The van der Waals surface area contributed by atoms with Crippen LogP contribution in [0.1, 0.15) is 39.5 Å². The molecule has 2 amide bonds. The average Bonchev–Trinajstić information content (AvgIpc) is 3.44. The number of furan rings is 1. The van der Waals surface area contributed by atoms with Crippen LogP contribution in [0.3, 0.4) is 0 Å². The molecule has 8 heteroatoms. The third-order valence-electron chi connectivity index (χ3n) is 4.55. The van der Waals surface area contributed by atoms with Crippen molar-refractivity contribution < 1.29 is 18.4 Å². The van der Waals surface area contributed by atoms with Gasteiger partial charge in [-0.1, -0.05) is 12.1 Å². The molecule has 3 heterocycles. The Labute approximate surface area is 164 Å². The number of carbonyl (C=O) groups is 2. The number of carbonyl (C=O) groups excluding carboxylic acids is 2. The van der Waals surface area contributed by atoms with E-state index in [1.807, 2.05) is 0 Å². The molecule has 0 radical (unpaired) electrons. The van der Waals surface area contributed by atoms with Gasteiger partial charge >= 0.3 is 0 Å². The Kier molecular flexibility index (Phi) is 5.21. The van der Waals surface area contributed by atoms with Crippen molar-refractivity contribution in [3.05, 3.63) is 75.7 Å². The summed E-state index contributed by atoms with van der Waals surface area (Å²) in [7, 11) is 0. The standard InChI is InChI=1S/C20H18FN3O3S/c21-16-6-2-1-5-15(16)18(25)22-20-24(11-12-28-20)13-14-7-8-17(27-14)19(26)23-9-3-4-10-23/h1-2,5-8,11-12H,3-4,9-10,13H2. The van der Waals surface area contributed by atoms with Crippen molar-refractivity contribution in [3.8, 4) is 0 Å². The molecule has 2 aromatic heterocycles. The molecule has 0 aliphatic carbocycles. The van der Waals surface area contributed by atoms with Gasteiger partial charge in [-0.15, -0.1) is 11.3 Å². The normalized spacial score (nSPS) is 14.6. The second kappa shape index (κ2) is 7.93. The average molecular weight is 399 g/mol. The number of rotatable bonds is 4. The van der Waals surface area contributed by atoms with Crippen molar-refractivity contribution in [2.45, 2.75) is 19.4 Å². The second-order valence-corrected chi connectivity index (χ2v) is 7.35. The van der Waals surface area contributed by atoms with Gasteiger partial charge < -0.3 is 13.9 Å². The fourth-order valence-corrected chi connectivity index (χ4v) is 3.84. The molecule has 0 spiro atoms. The minimum Gasteiger partial charge on any atom is -0.454 e. The Morgan fingerprint density at radius 2 is 1.93 bits per heavy atom. The molecule has 28 heavy (non-hydrogen) atoms. The molecule has 1 fully saturated rings. The largest absolute Gasteiger partial charge is 0.454 e. The molecular weight excluding hydrogens is 381 g/mol. The van der Waals surface area contributed by atoms with E-state index >= 15 is 0 Å². The van der Waals surface area contributed by atoms with Crippen LogP contribution in [0.25, 0.3) is 0 Å². The van der Waals surface area contributed by atoms with Crippen molar-refractivity contribution in [1.29, 1.82) is 0 Å². The lowest BCUT2D eigenvalue weighted by molar-refractivity contribution is 0.0759. The summed E-state index contributed by atoms with van der Waals surface area (Å²) in [5, 5.41) is 1.78. The van der Waals surface area contributed by atoms with Crippen molar-refractivity contribution in [3.63, 3.8) is 0 Å². The first-order chi connectivity index (χ1) is 13.6. The monoisotopic (exact) mass is 399 g/mol. The van der Waals surface area contributed by atoms with Crippen molar-refractivity contribution in [2.75, 3.05) is 13.1 Å². The van der Waals surface area contributed by atoms with Gasteiger partial charge in [-0.25, -0.2) is 4.39 Å². The van der Waals surface area contributed by atoms with Crippen LogP contribution in [0.2, 0.25) is 0 Å². The van der Waals surface area contributed by atoms with Crippen LogP contribution in [0, 0.1) is 5.82 Å². The van der Waals surface area contributed by atoms with Gasteiger partial charge in [0.1, 0.15) is 11.6 Å². The summed E-state index contributed by atoms with van der Waals surface area (Å²) in [6, 6.07) is 9.17. The maximum atomic E-state index is 13.8. The summed E-state index contributed by atoms with van der Waals surface area (Å²) >= 11 is 1.27. The van der Waals surface area contributed by atoms with Gasteiger partial charge in [0.2, 0.25) is 0 Å². The van der Waals surface area contributed by atoms with Gasteiger partial charge in [-0.2, -0.15) is 4.99 Å². The Balaban J connectivity index is 1.53. The maximum Gasteiger partial charge on any atom is 0.289 e. The lowest BCUT2D eigenvalue weighted by Crippen LogP contribution is -2.27. The van der Waals surface area contributed by atoms with E-state index in [0.717, 1.165) is 25.9 Å². The molecule has 1 aliphatic heterocycles. The summed E-state index contributed by atoms with van der Waals surface area (Å²) in [5.74, 6) is -0.442. The lowest BCUT2D eigenvalue weighted by Gasteiger charge is -2.12. The van der Waals surface area contributed by atoms with Gasteiger partial charge in [0.25, 0.3) is 11.8 Å². The van der Waals surface area contributed by atoms with Crippen molar-refractivity contribution >= 4 is 23.2 Å². The first kappa shape index (κ1) is 18.4. The van der Waals surface area contributed by atoms with E-state index in [0.29, 0.717) is 22.9 Å². The zero-order valence-corrected chi connectivity index (χ0v) is 15.8. The third kappa shape index (κ3) is 3.82. The van der Waals surface area contributed by atoms with Crippen molar-refractivity contribution in [2.24, 2.45) is 4.99 Å². The highest BCUT2D eigenvalue weighted by Gasteiger charge is 2.22. The molecular formula is C20H18FN3O3S. The first-order valence-corrected chi connectivity index (χ1v) is 9.85. The number of likely N-dealkylation sites (tertiary alicyclic amines) is 1. The zero-order chi connectivity index (χ0) is 19.5. The fraction of sp³-hybridized carbons (Fsp3) is 0.250. The van der Waals surface area contributed by atoms with E-state index < -0.39 is 11.7 Å². The summed E-state index contributed by atoms with van der Waals surface area (Å²) in [5.41, 5.74) is -0.0704. The van der Waals surface area contributed by atoms with E-state index in [-0.39, 0.29) is 11.5 Å². The Bertz CT molecular complexity index is 1080. The smallest absolute Gasteiger partial charge is 0.289 e. The lowest BCUT2D eigenvalue weighted by atomic mass is 10.2. The highest BCUT2D eigenvalue weighted by atomic mass is 32.1. The van der Waals surface area contributed by atoms with E-state index in [4.69, 9.17) is 4.42 Å². The molecule has 4 rings (SSSR count). The van der Waals surface area contributed by atoms with Crippen LogP contribution in [0.5, 0.6) is 0 Å². The van der Waals surface area contributed by atoms with E-state index in [1.165, 1.54) is 29.5 Å². The van der Waals surface area contributed by atoms with Crippen LogP contribution in [0.15, 0.2) is 57.4 Å². The first-order valence-electron chi connectivity index (χ1n) is 8.97. The molecule has 1 aliphatic rings. The summed E-state index contributed by atoms with van der Waals surface area (Å²) in [6.07, 6.45) is 3.80. The van der Waals surface area contributed by atoms with Gasteiger partial charge in [-0.05, 0) is 37.1 Å². The molecule has 144 valence electrons. The quantitative estimate of drug-likeness (QED) is 0.676. The van der Waals surface area contributed by atoms with Crippen LogP contribution < -0.4 is 4.80 Å². The number of thiazole rings is 1. The van der Waals surface area contributed by atoms with E-state index in [1.54, 1.807) is 39.2 Å². The zero-order valence-electron chi connectivity index (χ0n) is 15.0. The molecule has 1 saturated heterocycles. The molecule has 3 aromatic rings. The number of halogens is 1. The second-order valence-electron chi connectivity index (χ2n) is 6.48. The SMILES string of the molecule is O=C(N=c1sccn1Cc1ccc(C(=O)N2CCCC2)o1)c1ccccc1F. The van der Waals surface area contributed by atoms with Gasteiger partial charge in [0.15, 0.2) is 10.6 Å². The summed E-state index contributed by atoms with van der Waals surface area (Å²) < 4.78 is 21.2. The topological polar surface area (TPSA) is 67.8 Å². The van der Waals surface area contributed by atoms with E-state index in [9.17, 15) is 14.0 Å². The number of aromatic nitrogens is 1. The predicted octanol–water partition coefficient (Wildman–Crippen LogP) is 3.31. The highest BCUT2D eigenvalue weighted by Crippen LogP contribution is 2.16. The van der Waals surface area contributed by atoms with Gasteiger partial charge in [0.05, 0.1) is 12.1 Å². The minimum atomic E-state index is -0.640. The number of nitrogens with zero attached hydrogens (tertiary/aromatic N) is 3. The highest BCUT2D eigenvalue weighted by molar-refractivity contribution is 7.07. The molecule has 0 atom stereocenters. The van der Waals surface area contributed by atoms with Crippen LogP contribution in [-0.2, 0) is 6.54 Å². The number of hydrogen-bond donors (Lipinski definition) is 0. The maximum absolute atomic E-state index is 13.8. The molecule has 0 bridgehead atoms. The molecule has 0 N–H and O–H groups in total. The van der Waals surface area contributed by atoms with Crippen LogP contribution >= 0.6 is 11.3 Å². The summed E-state index contributed by atoms with van der Waals surface area (Å²) in [6.45, 7) is 1.84. The Hall–Kier alpha value is -3.00.